The van der Waals surface area contributed by atoms with Gasteiger partial charge in [0.25, 0.3) is 0 Å². The van der Waals surface area contributed by atoms with Gasteiger partial charge in [-0.15, -0.1) is 0 Å². The van der Waals surface area contributed by atoms with Crippen molar-refractivity contribution in [2.45, 2.75) is 19.4 Å². The van der Waals surface area contributed by atoms with Crippen LogP contribution in [0.5, 0.6) is 0 Å². The monoisotopic (exact) mass is 293 g/mol. The maximum Gasteiger partial charge on any atom is 0.354 e. The first-order valence-corrected chi connectivity index (χ1v) is 7.50. The molecule has 0 bridgehead atoms. The van der Waals surface area contributed by atoms with Gasteiger partial charge in [0.05, 0.1) is 7.11 Å². The van der Waals surface area contributed by atoms with Crippen molar-refractivity contribution < 1.29 is 9.53 Å². The molecule has 2 aromatic carbocycles. The average Bonchev–Trinajstić information content (AvgIpc) is 2.94. The number of carbonyl (C=O) groups excluding carboxylic acids is 1. The molecule has 1 heterocycles. The second-order valence-corrected chi connectivity index (χ2v) is 5.32. The van der Waals surface area contributed by atoms with E-state index in [-0.39, 0.29) is 5.97 Å². The van der Waals surface area contributed by atoms with Crippen LogP contribution in [0, 0.1) is 0 Å². The fourth-order valence-electron chi connectivity index (χ4n) is 2.81. The van der Waals surface area contributed by atoms with E-state index in [2.05, 4.69) is 28.8 Å². The molecule has 0 aliphatic rings. The number of nitrogens with zero attached hydrogens (tertiary/aromatic N) is 1. The number of hydrogen-bond acceptors (Lipinski definition) is 2. The molecule has 0 amide bonds. The molecular weight excluding hydrogens is 274 g/mol. The average molecular weight is 293 g/mol. The number of esters is 1. The van der Waals surface area contributed by atoms with E-state index < -0.39 is 0 Å². The van der Waals surface area contributed by atoms with E-state index in [0.717, 1.165) is 30.3 Å². The van der Waals surface area contributed by atoms with Crippen molar-refractivity contribution in [1.29, 1.82) is 0 Å². The maximum absolute atomic E-state index is 12.0. The van der Waals surface area contributed by atoms with E-state index >= 15 is 0 Å². The van der Waals surface area contributed by atoms with Gasteiger partial charge < -0.3 is 9.30 Å². The maximum atomic E-state index is 12.0. The zero-order valence-electron chi connectivity index (χ0n) is 12.7. The Bertz CT molecular complexity index is 774. The Morgan fingerprint density at radius 3 is 2.55 bits per heavy atom. The number of benzene rings is 2. The molecule has 3 aromatic rings. The molecule has 112 valence electrons. The molecule has 0 fully saturated rings. The molecule has 0 unspecified atom stereocenters. The summed E-state index contributed by atoms with van der Waals surface area (Å²) in [5.41, 5.74) is 3.02. The van der Waals surface area contributed by atoms with E-state index in [1.54, 1.807) is 0 Å². The van der Waals surface area contributed by atoms with Crippen LogP contribution >= 0.6 is 0 Å². The summed E-state index contributed by atoms with van der Waals surface area (Å²) in [6.45, 7) is 0.798. The van der Waals surface area contributed by atoms with Crippen molar-refractivity contribution in [3.05, 3.63) is 71.9 Å². The lowest BCUT2D eigenvalue weighted by molar-refractivity contribution is 0.0589. The Kier molecular flexibility index (Phi) is 4.24. The number of carbonyl (C=O) groups is 1. The third-order valence-corrected chi connectivity index (χ3v) is 3.90. The highest BCUT2D eigenvalue weighted by Gasteiger charge is 2.15. The Hall–Kier alpha value is -2.55. The van der Waals surface area contributed by atoms with Crippen molar-refractivity contribution in [1.82, 2.24) is 4.57 Å². The number of rotatable bonds is 5. The minimum atomic E-state index is -0.282. The van der Waals surface area contributed by atoms with E-state index in [0.29, 0.717) is 5.69 Å². The predicted octanol–water partition coefficient (Wildman–Crippen LogP) is 4.06. The van der Waals surface area contributed by atoms with Crippen LogP contribution in [-0.4, -0.2) is 17.6 Å². The zero-order chi connectivity index (χ0) is 15.4. The number of aromatic nitrogens is 1. The van der Waals surface area contributed by atoms with Crippen molar-refractivity contribution in [2.75, 3.05) is 7.11 Å². The summed E-state index contributed by atoms with van der Waals surface area (Å²) in [7, 11) is 1.42. The predicted molar refractivity (Wildman–Crippen MR) is 88.0 cm³/mol. The summed E-state index contributed by atoms with van der Waals surface area (Å²) in [4.78, 5) is 12.0. The van der Waals surface area contributed by atoms with Gasteiger partial charge in [-0.25, -0.2) is 4.79 Å². The highest BCUT2D eigenvalue weighted by atomic mass is 16.5. The van der Waals surface area contributed by atoms with Crippen molar-refractivity contribution in [3.63, 3.8) is 0 Å². The van der Waals surface area contributed by atoms with E-state index in [4.69, 9.17) is 4.74 Å². The molecule has 0 atom stereocenters. The van der Waals surface area contributed by atoms with Crippen LogP contribution in [0.1, 0.15) is 22.5 Å². The molecule has 0 saturated heterocycles. The Balaban J connectivity index is 1.83. The lowest BCUT2D eigenvalue weighted by Gasteiger charge is -2.09. The molecule has 3 heteroatoms. The van der Waals surface area contributed by atoms with Gasteiger partial charge in [-0.2, -0.15) is 0 Å². The quantitative estimate of drug-likeness (QED) is 0.664. The molecule has 3 nitrogen and oxygen atoms in total. The smallest absolute Gasteiger partial charge is 0.354 e. The second kappa shape index (κ2) is 6.48. The van der Waals surface area contributed by atoms with Crippen LogP contribution in [0.4, 0.5) is 0 Å². The molecule has 22 heavy (non-hydrogen) atoms. The third-order valence-electron chi connectivity index (χ3n) is 3.90. The van der Waals surface area contributed by atoms with E-state index in [1.807, 2.05) is 36.4 Å². The topological polar surface area (TPSA) is 31.2 Å². The number of hydrogen-bond donors (Lipinski definition) is 0. The van der Waals surface area contributed by atoms with Gasteiger partial charge in [-0.3, -0.25) is 0 Å². The highest BCUT2D eigenvalue weighted by Crippen LogP contribution is 2.21. The summed E-state index contributed by atoms with van der Waals surface area (Å²) in [5.74, 6) is -0.282. The SMILES string of the molecule is COC(=O)c1cc2ccccc2n1CCCc1ccccc1. The van der Waals surface area contributed by atoms with Crippen molar-refractivity contribution in [3.8, 4) is 0 Å². The summed E-state index contributed by atoms with van der Waals surface area (Å²) in [5, 5.41) is 1.07. The molecule has 0 saturated carbocycles. The first-order valence-electron chi connectivity index (χ1n) is 7.50. The molecule has 0 aliphatic heterocycles. The Morgan fingerprint density at radius 1 is 1.05 bits per heavy atom. The van der Waals surface area contributed by atoms with Crippen LogP contribution < -0.4 is 0 Å². The molecular formula is C19H19NO2. The van der Waals surface area contributed by atoms with Crippen LogP contribution in [0.3, 0.4) is 0 Å². The number of fused-ring (bicyclic) bond motifs is 1. The fraction of sp³-hybridized carbons (Fsp3) is 0.211. The van der Waals surface area contributed by atoms with Crippen molar-refractivity contribution in [2.24, 2.45) is 0 Å². The van der Waals surface area contributed by atoms with E-state index in [1.165, 1.54) is 12.7 Å². The molecule has 1 aromatic heterocycles. The Morgan fingerprint density at radius 2 is 1.77 bits per heavy atom. The van der Waals surface area contributed by atoms with E-state index in [9.17, 15) is 4.79 Å². The number of ether oxygens (including phenoxy) is 1. The molecule has 3 rings (SSSR count). The zero-order valence-corrected chi connectivity index (χ0v) is 12.7. The fourth-order valence-corrected chi connectivity index (χ4v) is 2.81. The third kappa shape index (κ3) is 2.89. The first kappa shape index (κ1) is 14.4. The largest absolute Gasteiger partial charge is 0.464 e. The lowest BCUT2D eigenvalue weighted by Crippen LogP contribution is -2.11. The van der Waals surface area contributed by atoms with Gasteiger partial charge in [0, 0.05) is 17.4 Å². The van der Waals surface area contributed by atoms with Gasteiger partial charge in [0.2, 0.25) is 0 Å². The second-order valence-electron chi connectivity index (χ2n) is 5.32. The summed E-state index contributed by atoms with van der Waals surface area (Å²) in [6.07, 6.45) is 1.97. The van der Waals surface area contributed by atoms with Crippen LogP contribution in [0.15, 0.2) is 60.7 Å². The lowest BCUT2D eigenvalue weighted by atomic mass is 10.1. The normalized spacial score (nSPS) is 10.8. The summed E-state index contributed by atoms with van der Waals surface area (Å²) in [6, 6.07) is 20.4. The van der Waals surface area contributed by atoms with Crippen LogP contribution in [-0.2, 0) is 17.7 Å². The van der Waals surface area contributed by atoms with Gasteiger partial charge >= 0.3 is 5.97 Å². The highest BCUT2D eigenvalue weighted by molar-refractivity contribution is 5.95. The number of para-hydroxylation sites is 1. The Labute approximate surface area is 130 Å². The molecule has 0 N–H and O–H groups in total. The minimum absolute atomic E-state index is 0.282. The van der Waals surface area contributed by atoms with Crippen LogP contribution in [0.2, 0.25) is 0 Å². The first-order chi connectivity index (χ1) is 10.8. The number of aryl methyl sites for hydroxylation is 2. The number of methoxy groups -OCH3 is 1. The minimum Gasteiger partial charge on any atom is -0.464 e. The summed E-state index contributed by atoms with van der Waals surface area (Å²) < 4.78 is 6.97. The standard InChI is InChI=1S/C19H19NO2/c1-22-19(21)18-14-16-11-5-6-12-17(16)20(18)13-7-10-15-8-3-2-4-9-15/h2-6,8-9,11-12,14H,7,10,13H2,1H3. The molecule has 0 aliphatic carbocycles. The van der Waals surface area contributed by atoms with Crippen molar-refractivity contribution >= 4 is 16.9 Å². The van der Waals surface area contributed by atoms with Gasteiger partial charge in [0.1, 0.15) is 5.69 Å². The molecule has 0 radical (unpaired) electrons. The van der Waals surface area contributed by atoms with Gasteiger partial charge in [-0.1, -0.05) is 48.5 Å². The van der Waals surface area contributed by atoms with Gasteiger partial charge in [0.15, 0.2) is 0 Å². The molecule has 0 spiro atoms. The van der Waals surface area contributed by atoms with Gasteiger partial charge in [-0.05, 0) is 30.5 Å². The van der Waals surface area contributed by atoms with Crippen LogP contribution in [0.25, 0.3) is 10.9 Å². The summed E-state index contributed by atoms with van der Waals surface area (Å²) >= 11 is 0.